The number of carbonyl (C=O) groups is 1. The van der Waals surface area contributed by atoms with E-state index in [1.54, 1.807) is 13.0 Å². The van der Waals surface area contributed by atoms with Crippen LogP contribution in [-0.4, -0.2) is 5.78 Å². The number of hydrogen-bond acceptors (Lipinski definition) is 1. The second kappa shape index (κ2) is 5.20. The second-order valence-corrected chi connectivity index (χ2v) is 5.52. The molecule has 0 radical (unpaired) electrons. The van der Waals surface area contributed by atoms with Crippen LogP contribution in [0.25, 0.3) is 0 Å². The average molecular weight is 268 g/mol. The first-order chi connectivity index (χ1) is 9.63. The molecule has 1 aliphatic carbocycles. The number of carbonyl (C=O) groups excluding carboxylic acids is 1. The van der Waals surface area contributed by atoms with Gasteiger partial charge in [-0.05, 0) is 66.6 Å². The molecule has 0 N–H and O–H groups in total. The Balaban J connectivity index is 1.82. The van der Waals surface area contributed by atoms with E-state index in [-0.39, 0.29) is 11.6 Å². The van der Waals surface area contributed by atoms with Gasteiger partial charge in [-0.15, -0.1) is 0 Å². The number of benzene rings is 2. The quantitative estimate of drug-likeness (QED) is 0.768. The summed E-state index contributed by atoms with van der Waals surface area (Å²) in [5.41, 5.74) is 5.17. The SMILES string of the molecule is Cc1cc(F)ccc1C(=O)Cc1ccc2c(c1)CCC2. The summed E-state index contributed by atoms with van der Waals surface area (Å²) in [6, 6.07) is 10.7. The van der Waals surface area contributed by atoms with E-state index in [4.69, 9.17) is 0 Å². The third kappa shape index (κ3) is 2.51. The molecular formula is C18H17FO. The fraction of sp³-hybridized carbons (Fsp3) is 0.278. The van der Waals surface area contributed by atoms with Crippen LogP contribution in [0.15, 0.2) is 36.4 Å². The molecule has 0 heterocycles. The highest BCUT2D eigenvalue weighted by Crippen LogP contribution is 2.23. The van der Waals surface area contributed by atoms with Gasteiger partial charge in [-0.3, -0.25) is 4.79 Å². The van der Waals surface area contributed by atoms with E-state index in [0.29, 0.717) is 17.5 Å². The fourth-order valence-corrected chi connectivity index (χ4v) is 2.96. The fourth-order valence-electron chi connectivity index (χ4n) is 2.96. The highest BCUT2D eigenvalue weighted by Gasteiger charge is 2.14. The molecular weight excluding hydrogens is 251 g/mol. The standard InChI is InChI=1S/C18H17FO/c1-12-9-16(19)7-8-17(12)18(20)11-13-5-6-14-3-2-4-15(14)10-13/h5-10H,2-4,11H2,1H3. The molecule has 2 heteroatoms. The molecule has 1 aliphatic rings. The zero-order valence-corrected chi connectivity index (χ0v) is 11.6. The first-order valence-electron chi connectivity index (χ1n) is 7.03. The van der Waals surface area contributed by atoms with Crippen LogP contribution in [0.3, 0.4) is 0 Å². The molecule has 20 heavy (non-hydrogen) atoms. The lowest BCUT2D eigenvalue weighted by molar-refractivity contribution is 0.0992. The largest absolute Gasteiger partial charge is 0.294 e. The van der Waals surface area contributed by atoms with Crippen molar-refractivity contribution in [3.05, 3.63) is 70.0 Å². The van der Waals surface area contributed by atoms with Crippen molar-refractivity contribution >= 4 is 5.78 Å². The topological polar surface area (TPSA) is 17.1 Å². The molecule has 0 saturated carbocycles. The Bertz CT molecular complexity index is 673. The normalized spacial score (nSPS) is 13.3. The molecule has 2 aromatic carbocycles. The zero-order valence-electron chi connectivity index (χ0n) is 11.6. The molecule has 0 bridgehead atoms. The van der Waals surface area contributed by atoms with Gasteiger partial charge >= 0.3 is 0 Å². The van der Waals surface area contributed by atoms with Gasteiger partial charge in [0.2, 0.25) is 0 Å². The maximum atomic E-state index is 13.1. The third-order valence-electron chi connectivity index (χ3n) is 4.02. The van der Waals surface area contributed by atoms with Crippen molar-refractivity contribution in [2.24, 2.45) is 0 Å². The summed E-state index contributed by atoms with van der Waals surface area (Å²) in [7, 11) is 0. The van der Waals surface area contributed by atoms with Crippen molar-refractivity contribution in [1.82, 2.24) is 0 Å². The van der Waals surface area contributed by atoms with Crippen LogP contribution >= 0.6 is 0 Å². The Morgan fingerprint density at radius 3 is 2.70 bits per heavy atom. The van der Waals surface area contributed by atoms with E-state index < -0.39 is 0 Å². The van der Waals surface area contributed by atoms with Crippen LogP contribution in [0.5, 0.6) is 0 Å². The third-order valence-corrected chi connectivity index (χ3v) is 4.02. The van der Waals surface area contributed by atoms with Crippen LogP contribution in [0.4, 0.5) is 4.39 Å². The minimum atomic E-state index is -0.295. The lowest BCUT2D eigenvalue weighted by Crippen LogP contribution is -2.06. The number of Topliss-reactive ketones (excluding diaryl/α,β-unsaturated/α-hetero) is 1. The first kappa shape index (κ1) is 13.0. The molecule has 0 amide bonds. The van der Waals surface area contributed by atoms with Crippen LogP contribution in [-0.2, 0) is 19.3 Å². The molecule has 1 nitrogen and oxygen atoms in total. The predicted octanol–water partition coefficient (Wildman–Crippen LogP) is 4.05. The molecule has 102 valence electrons. The molecule has 0 aliphatic heterocycles. The van der Waals surface area contributed by atoms with Gasteiger partial charge in [-0.2, -0.15) is 0 Å². The van der Waals surface area contributed by atoms with E-state index in [9.17, 15) is 9.18 Å². The Kier molecular flexibility index (Phi) is 3.39. The highest BCUT2D eigenvalue weighted by molar-refractivity contribution is 5.98. The Labute approximate surface area is 118 Å². The number of fused-ring (bicyclic) bond motifs is 1. The van der Waals surface area contributed by atoms with Crippen molar-refractivity contribution in [1.29, 1.82) is 0 Å². The van der Waals surface area contributed by atoms with Crippen LogP contribution in [0, 0.1) is 12.7 Å². The van der Waals surface area contributed by atoms with Crippen LogP contribution < -0.4 is 0 Å². The van der Waals surface area contributed by atoms with E-state index in [1.807, 2.05) is 6.07 Å². The van der Waals surface area contributed by atoms with Crippen molar-refractivity contribution in [2.75, 3.05) is 0 Å². The summed E-state index contributed by atoms with van der Waals surface area (Å²) in [4.78, 5) is 12.3. The lowest BCUT2D eigenvalue weighted by Gasteiger charge is -2.07. The molecule has 0 spiro atoms. The summed E-state index contributed by atoms with van der Waals surface area (Å²) in [6.45, 7) is 1.78. The molecule has 0 aromatic heterocycles. The highest BCUT2D eigenvalue weighted by atomic mass is 19.1. The zero-order chi connectivity index (χ0) is 14.1. The van der Waals surface area contributed by atoms with Crippen molar-refractivity contribution in [2.45, 2.75) is 32.6 Å². The summed E-state index contributed by atoms with van der Waals surface area (Å²) >= 11 is 0. The van der Waals surface area contributed by atoms with Gasteiger partial charge < -0.3 is 0 Å². The van der Waals surface area contributed by atoms with Gasteiger partial charge in [0.25, 0.3) is 0 Å². The molecule has 2 aromatic rings. The van der Waals surface area contributed by atoms with E-state index in [1.165, 1.54) is 29.7 Å². The van der Waals surface area contributed by atoms with Crippen LogP contribution in [0.1, 0.15) is 39.0 Å². The van der Waals surface area contributed by atoms with Crippen molar-refractivity contribution < 1.29 is 9.18 Å². The van der Waals surface area contributed by atoms with Gasteiger partial charge in [0.05, 0.1) is 0 Å². The summed E-state index contributed by atoms with van der Waals surface area (Å²) < 4.78 is 13.1. The van der Waals surface area contributed by atoms with Gasteiger partial charge in [0.1, 0.15) is 5.82 Å². The van der Waals surface area contributed by atoms with Gasteiger partial charge in [-0.1, -0.05) is 18.2 Å². The summed E-state index contributed by atoms with van der Waals surface area (Å²) in [6.07, 6.45) is 3.87. The van der Waals surface area contributed by atoms with E-state index >= 15 is 0 Å². The molecule has 0 atom stereocenters. The Morgan fingerprint density at radius 2 is 1.90 bits per heavy atom. The predicted molar refractivity (Wildman–Crippen MR) is 77.6 cm³/mol. The number of rotatable bonds is 3. The Hall–Kier alpha value is -1.96. The monoisotopic (exact) mass is 268 g/mol. The maximum Gasteiger partial charge on any atom is 0.167 e. The Morgan fingerprint density at radius 1 is 1.10 bits per heavy atom. The van der Waals surface area contributed by atoms with Gasteiger partial charge in [-0.25, -0.2) is 4.39 Å². The number of hydrogen-bond donors (Lipinski definition) is 0. The van der Waals surface area contributed by atoms with Crippen LogP contribution in [0.2, 0.25) is 0 Å². The molecule has 0 saturated heterocycles. The van der Waals surface area contributed by atoms with Gasteiger partial charge in [0, 0.05) is 12.0 Å². The molecule has 3 rings (SSSR count). The molecule has 0 fully saturated rings. The number of aryl methyl sites for hydroxylation is 3. The maximum absolute atomic E-state index is 13.1. The summed E-state index contributed by atoms with van der Waals surface area (Å²) in [5.74, 6) is -0.239. The van der Waals surface area contributed by atoms with Crippen molar-refractivity contribution in [3.8, 4) is 0 Å². The smallest absolute Gasteiger partial charge is 0.167 e. The number of halogens is 1. The lowest BCUT2D eigenvalue weighted by atomic mass is 9.97. The molecule has 0 unspecified atom stereocenters. The van der Waals surface area contributed by atoms with Gasteiger partial charge in [0.15, 0.2) is 5.78 Å². The summed E-state index contributed by atoms with van der Waals surface area (Å²) in [5, 5.41) is 0. The van der Waals surface area contributed by atoms with Crippen molar-refractivity contribution in [3.63, 3.8) is 0 Å². The van der Waals surface area contributed by atoms with E-state index in [2.05, 4.69) is 12.1 Å². The first-order valence-corrected chi connectivity index (χ1v) is 7.03. The van der Waals surface area contributed by atoms with E-state index in [0.717, 1.165) is 18.4 Å². The number of ketones is 1. The average Bonchev–Trinajstić information content (AvgIpc) is 2.85. The minimum absolute atomic E-state index is 0.0560. The minimum Gasteiger partial charge on any atom is -0.294 e. The second-order valence-electron chi connectivity index (χ2n) is 5.52.